The maximum absolute atomic E-state index is 12.7. The number of likely N-dealkylation sites (tertiary alicyclic amines) is 2. The van der Waals surface area contributed by atoms with E-state index >= 15 is 0 Å². The summed E-state index contributed by atoms with van der Waals surface area (Å²) in [7, 11) is 1.89. The van der Waals surface area contributed by atoms with Gasteiger partial charge in [0.1, 0.15) is 0 Å². The highest BCUT2D eigenvalue weighted by atomic mass is 35.5. The third kappa shape index (κ3) is 2.72. The van der Waals surface area contributed by atoms with Crippen molar-refractivity contribution in [1.29, 1.82) is 0 Å². The normalized spacial score (nSPS) is 25.6. The minimum Gasteiger partial charge on any atom is -0.338 e. The molecule has 4 nitrogen and oxygen atoms in total. The average Bonchev–Trinajstić information content (AvgIpc) is 2.53. The molecule has 5 heteroatoms. The smallest absolute Gasteiger partial charge is 0.253 e. The quantitative estimate of drug-likeness (QED) is 0.798. The highest BCUT2D eigenvalue weighted by Gasteiger charge is 2.44. The van der Waals surface area contributed by atoms with Crippen LogP contribution in [0.15, 0.2) is 24.3 Å². The zero-order valence-electron chi connectivity index (χ0n) is 12.8. The molecule has 1 unspecified atom stereocenters. The van der Waals surface area contributed by atoms with E-state index in [9.17, 15) is 9.59 Å². The van der Waals surface area contributed by atoms with E-state index in [0.29, 0.717) is 23.6 Å². The molecule has 1 aromatic carbocycles. The number of rotatable bonds is 1. The van der Waals surface area contributed by atoms with Gasteiger partial charge in [0.15, 0.2) is 0 Å². The predicted octanol–water partition coefficient (Wildman–Crippen LogP) is 2.96. The van der Waals surface area contributed by atoms with Crippen LogP contribution in [-0.4, -0.2) is 47.3 Å². The van der Waals surface area contributed by atoms with Crippen LogP contribution in [0, 0.1) is 0 Å². The van der Waals surface area contributed by atoms with Crippen molar-refractivity contribution in [3.8, 4) is 0 Å². The summed E-state index contributed by atoms with van der Waals surface area (Å²) >= 11 is 5.88. The van der Waals surface area contributed by atoms with Crippen molar-refractivity contribution in [1.82, 2.24) is 9.80 Å². The Balaban J connectivity index is 1.79. The molecule has 0 radical (unpaired) electrons. The maximum Gasteiger partial charge on any atom is 0.253 e. The van der Waals surface area contributed by atoms with E-state index in [-0.39, 0.29) is 17.4 Å². The van der Waals surface area contributed by atoms with Crippen LogP contribution >= 0.6 is 11.6 Å². The fourth-order valence-electron chi connectivity index (χ4n) is 3.71. The van der Waals surface area contributed by atoms with Crippen LogP contribution in [0.1, 0.15) is 42.5 Å². The van der Waals surface area contributed by atoms with E-state index < -0.39 is 0 Å². The molecule has 1 spiro atoms. The first-order valence-corrected chi connectivity index (χ1v) is 8.21. The molecule has 1 aromatic rings. The number of benzene rings is 1. The van der Waals surface area contributed by atoms with Crippen LogP contribution in [0.4, 0.5) is 0 Å². The van der Waals surface area contributed by atoms with E-state index in [1.54, 1.807) is 24.3 Å². The summed E-state index contributed by atoms with van der Waals surface area (Å²) in [4.78, 5) is 28.5. The largest absolute Gasteiger partial charge is 0.338 e. The van der Waals surface area contributed by atoms with Gasteiger partial charge in [-0.1, -0.05) is 11.6 Å². The lowest BCUT2D eigenvalue weighted by Gasteiger charge is -2.50. The lowest BCUT2D eigenvalue weighted by molar-refractivity contribution is -0.142. The number of carbonyl (C=O) groups excluding carboxylic acids is 2. The van der Waals surface area contributed by atoms with Gasteiger partial charge in [0.25, 0.3) is 5.91 Å². The number of hydrogen-bond donors (Lipinski definition) is 0. The van der Waals surface area contributed by atoms with E-state index in [0.717, 1.165) is 32.2 Å². The first kappa shape index (κ1) is 15.3. The first-order valence-electron chi connectivity index (χ1n) is 7.83. The Morgan fingerprint density at radius 1 is 1.18 bits per heavy atom. The Morgan fingerprint density at radius 3 is 2.59 bits per heavy atom. The van der Waals surface area contributed by atoms with E-state index in [1.807, 2.05) is 16.8 Å². The van der Waals surface area contributed by atoms with Crippen molar-refractivity contribution >= 4 is 23.4 Å². The van der Waals surface area contributed by atoms with Crippen LogP contribution in [0.2, 0.25) is 5.02 Å². The van der Waals surface area contributed by atoms with Crippen LogP contribution in [-0.2, 0) is 4.79 Å². The van der Waals surface area contributed by atoms with Gasteiger partial charge < -0.3 is 9.80 Å². The standard InChI is InChI=1S/C17H21ClN2O2/c1-19-15(21)4-2-9-17(19)10-3-11-20(12-17)16(22)13-5-7-14(18)8-6-13/h5-8H,2-4,9-12H2,1H3. The lowest BCUT2D eigenvalue weighted by Crippen LogP contribution is -2.61. The Hall–Kier alpha value is -1.55. The summed E-state index contributed by atoms with van der Waals surface area (Å²) in [5, 5.41) is 0.629. The summed E-state index contributed by atoms with van der Waals surface area (Å²) < 4.78 is 0. The molecule has 1 atom stereocenters. The second-order valence-electron chi connectivity index (χ2n) is 6.37. The monoisotopic (exact) mass is 320 g/mol. The van der Waals surface area contributed by atoms with Crippen molar-refractivity contribution in [2.45, 2.75) is 37.6 Å². The summed E-state index contributed by atoms with van der Waals surface area (Å²) in [5.41, 5.74) is 0.488. The average molecular weight is 321 g/mol. The molecule has 118 valence electrons. The number of carbonyl (C=O) groups is 2. The Kier molecular flexibility index (Phi) is 4.13. The topological polar surface area (TPSA) is 40.6 Å². The van der Waals surface area contributed by atoms with Gasteiger partial charge in [0.05, 0.1) is 5.54 Å². The molecule has 3 rings (SSSR count). The minimum atomic E-state index is -0.171. The van der Waals surface area contributed by atoms with Gasteiger partial charge in [-0.15, -0.1) is 0 Å². The van der Waals surface area contributed by atoms with Gasteiger partial charge in [0.2, 0.25) is 5.91 Å². The van der Waals surface area contributed by atoms with Crippen LogP contribution in [0.25, 0.3) is 0 Å². The number of hydrogen-bond acceptors (Lipinski definition) is 2. The molecule has 2 aliphatic heterocycles. The third-order valence-electron chi connectivity index (χ3n) is 5.05. The molecule has 0 aliphatic carbocycles. The fraction of sp³-hybridized carbons (Fsp3) is 0.529. The Morgan fingerprint density at radius 2 is 1.86 bits per heavy atom. The molecular weight excluding hydrogens is 300 g/mol. The Labute approximate surface area is 136 Å². The van der Waals surface area contributed by atoms with Crippen molar-refractivity contribution < 1.29 is 9.59 Å². The zero-order chi connectivity index (χ0) is 15.7. The Bertz CT molecular complexity index is 583. The molecule has 0 aromatic heterocycles. The van der Waals surface area contributed by atoms with Gasteiger partial charge >= 0.3 is 0 Å². The SMILES string of the molecule is CN1C(=O)CCCC12CCCN(C(=O)c1ccc(Cl)cc1)C2. The third-order valence-corrected chi connectivity index (χ3v) is 5.30. The van der Waals surface area contributed by atoms with Crippen LogP contribution < -0.4 is 0 Å². The predicted molar refractivity (Wildman–Crippen MR) is 85.9 cm³/mol. The van der Waals surface area contributed by atoms with Gasteiger partial charge in [0, 0.05) is 37.1 Å². The van der Waals surface area contributed by atoms with E-state index in [2.05, 4.69) is 0 Å². The van der Waals surface area contributed by atoms with E-state index in [4.69, 9.17) is 11.6 Å². The summed E-state index contributed by atoms with van der Waals surface area (Å²) in [6.07, 6.45) is 4.46. The number of amides is 2. The maximum atomic E-state index is 12.7. The van der Waals surface area contributed by atoms with Gasteiger partial charge in [-0.2, -0.15) is 0 Å². The zero-order valence-corrected chi connectivity index (χ0v) is 13.6. The molecule has 0 saturated carbocycles. The molecule has 2 aliphatic rings. The molecule has 2 saturated heterocycles. The number of likely N-dealkylation sites (N-methyl/N-ethyl adjacent to an activating group) is 1. The van der Waals surface area contributed by atoms with Crippen molar-refractivity contribution in [2.24, 2.45) is 0 Å². The first-order chi connectivity index (χ1) is 10.5. The second kappa shape index (κ2) is 5.92. The molecule has 22 heavy (non-hydrogen) atoms. The molecule has 2 amide bonds. The molecule has 2 heterocycles. The fourth-order valence-corrected chi connectivity index (χ4v) is 3.83. The second-order valence-corrected chi connectivity index (χ2v) is 6.80. The number of piperidine rings is 2. The molecule has 2 fully saturated rings. The van der Waals surface area contributed by atoms with Gasteiger partial charge in [-0.3, -0.25) is 9.59 Å². The highest BCUT2D eigenvalue weighted by molar-refractivity contribution is 6.30. The summed E-state index contributed by atoms with van der Waals surface area (Å²) in [6, 6.07) is 7.01. The minimum absolute atomic E-state index is 0.0298. The summed E-state index contributed by atoms with van der Waals surface area (Å²) in [5.74, 6) is 0.231. The van der Waals surface area contributed by atoms with Crippen molar-refractivity contribution in [3.63, 3.8) is 0 Å². The molecule has 0 N–H and O–H groups in total. The number of halogens is 1. The molecular formula is C17H21ClN2O2. The van der Waals surface area contributed by atoms with Crippen LogP contribution in [0.5, 0.6) is 0 Å². The van der Waals surface area contributed by atoms with Crippen molar-refractivity contribution in [2.75, 3.05) is 20.1 Å². The highest BCUT2D eigenvalue weighted by Crippen LogP contribution is 2.36. The lowest BCUT2D eigenvalue weighted by atomic mass is 9.80. The molecule has 0 bridgehead atoms. The van der Waals surface area contributed by atoms with Crippen LogP contribution in [0.3, 0.4) is 0 Å². The summed E-state index contributed by atoms with van der Waals surface area (Å²) in [6.45, 7) is 1.39. The van der Waals surface area contributed by atoms with Gasteiger partial charge in [-0.05, 0) is 49.9 Å². The van der Waals surface area contributed by atoms with Crippen molar-refractivity contribution in [3.05, 3.63) is 34.9 Å². The van der Waals surface area contributed by atoms with Gasteiger partial charge in [-0.25, -0.2) is 0 Å². The van der Waals surface area contributed by atoms with E-state index in [1.165, 1.54) is 0 Å². The number of nitrogens with zero attached hydrogens (tertiary/aromatic N) is 2.